The molecule has 3 rings (SSSR count). The smallest absolute Gasteiger partial charge is 0.261 e. The summed E-state index contributed by atoms with van der Waals surface area (Å²) in [7, 11) is 0. The molecule has 3 amide bonds. The Morgan fingerprint density at radius 3 is 2.66 bits per heavy atom. The van der Waals surface area contributed by atoms with Crippen LogP contribution in [-0.2, 0) is 14.3 Å². The van der Waals surface area contributed by atoms with Crippen LogP contribution in [0.2, 0.25) is 4.34 Å². The van der Waals surface area contributed by atoms with Gasteiger partial charge in [-0.2, -0.15) is 0 Å². The van der Waals surface area contributed by atoms with E-state index in [2.05, 4.69) is 10.6 Å². The van der Waals surface area contributed by atoms with Gasteiger partial charge in [0.2, 0.25) is 5.91 Å². The van der Waals surface area contributed by atoms with Crippen molar-refractivity contribution in [2.45, 2.75) is 19.4 Å². The summed E-state index contributed by atoms with van der Waals surface area (Å²) in [4.78, 5) is 40.3. The molecule has 2 heterocycles. The fourth-order valence-electron chi connectivity index (χ4n) is 3.53. The van der Waals surface area contributed by atoms with Gasteiger partial charge in [0.05, 0.1) is 28.1 Å². The summed E-state index contributed by atoms with van der Waals surface area (Å²) in [5.74, 6) is -2.41. The van der Waals surface area contributed by atoms with Gasteiger partial charge in [0, 0.05) is 18.8 Å². The zero-order valence-electron chi connectivity index (χ0n) is 18.7. The van der Waals surface area contributed by atoms with Crippen LogP contribution in [0.15, 0.2) is 30.3 Å². The van der Waals surface area contributed by atoms with Gasteiger partial charge in [0.15, 0.2) is 0 Å². The minimum atomic E-state index is -2.72. The molecule has 35 heavy (non-hydrogen) atoms. The Labute approximate surface area is 209 Å². The number of nitrogens with one attached hydrogen (secondary N) is 2. The highest BCUT2D eigenvalue weighted by Gasteiger charge is 2.29. The van der Waals surface area contributed by atoms with E-state index in [0.29, 0.717) is 21.5 Å². The molecular formula is C22H24ClF3N4O4S. The first-order valence-electron chi connectivity index (χ1n) is 10.7. The summed E-state index contributed by atoms with van der Waals surface area (Å²) in [6.45, 7) is 1.15. The summed E-state index contributed by atoms with van der Waals surface area (Å²) in [5.41, 5.74) is 0.119. The lowest BCUT2D eigenvalue weighted by Gasteiger charge is -2.30. The average molecular weight is 533 g/mol. The van der Waals surface area contributed by atoms with E-state index in [1.807, 2.05) is 0 Å². The Bertz CT molecular complexity index is 1070. The lowest BCUT2D eigenvalue weighted by molar-refractivity contribution is -0.125. The number of halogens is 4. The van der Waals surface area contributed by atoms with E-state index in [-0.39, 0.29) is 37.8 Å². The van der Waals surface area contributed by atoms with Crippen molar-refractivity contribution in [3.8, 4) is 0 Å². The second kappa shape index (κ2) is 12.3. The van der Waals surface area contributed by atoms with Gasteiger partial charge in [0.1, 0.15) is 18.5 Å². The number of nitrogens with zero attached hydrogens (tertiary/aromatic N) is 2. The number of anilines is 2. The maximum atomic E-state index is 14.8. The highest BCUT2D eigenvalue weighted by Crippen LogP contribution is 2.24. The van der Waals surface area contributed by atoms with Crippen molar-refractivity contribution in [3.63, 3.8) is 0 Å². The molecule has 1 atom stereocenters. The molecule has 190 valence electrons. The molecular weight excluding hydrogens is 509 g/mol. The molecule has 0 radical (unpaired) electrons. The summed E-state index contributed by atoms with van der Waals surface area (Å²) < 4.78 is 46.5. The predicted octanol–water partition coefficient (Wildman–Crippen LogP) is 3.23. The standard InChI is InChI=1S/C22H24ClF3N4O4S/c1-2-29(11-19(25)26)16(10-27-22(33)17-5-6-18(23)35-17)21(32)28-15-4-3-13(9-14(15)24)30-7-8-34-12-20(30)31/h3-6,9,16,19H,2,7-8,10-12H2,1H3,(H,27,33)(H,28,32)/t16-/m1/s1. The maximum Gasteiger partial charge on any atom is 0.261 e. The first-order valence-corrected chi connectivity index (χ1v) is 11.9. The van der Waals surface area contributed by atoms with Gasteiger partial charge < -0.3 is 20.3 Å². The number of likely N-dealkylation sites (N-methyl/N-ethyl adjacent to an activating group) is 1. The van der Waals surface area contributed by atoms with E-state index in [1.165, 1.54) is 34.1 Å². The van der Waals surface area contributed by atoms with Crippen molar-refractivity contribution < 1.29 is 32.3 Å². The number of hydrogen-bond acceptors (Lipinski definition) is 6. The topological polar surface area (TPSA) is 91.0 Å². The lowest BCUT2D eigenvalue weighted by Crippen LogP contribution is -2.52. The van der Waals surface area contributed by atoms with Crippen LogP contribution in [-0.4, -0.2) is 74.5 Å². The number of morpholine rings is 1. The van der Waals surface area contributed by atoms with Gasteiger partial charge in [-0.15, -0.1) is 11.3 Å². The quantitative estimate of drug-likeness (QED) is 0.490. The van der Waals surface area contributed by atoms with E-state index in [9.17, 15) is 27.6 Å². The molecule has 0 saturated carbocycles. The van der Waals surface area contributed by atoms with E-state index in [1.54, 1.807) is 6.92 Å². The summed E-state index contributed by atoms with van der Waals surface area (Å²) >= 11 is 6.87. The summed E-state index contributed by atoms with van der Waals surface area (Å²) in [5, 5.41) is 4.96. The number of benzene rings is 1. The van der Waals surface area contributed by atoms with Crippen molar-refractivity contribution in [2.75, 3.05) is 49.6 Å². The number of hydrogen-bond donors (Lipinski definition) is 2. The Kier molecular flexibility index (Phi) is 9.49. The average Bonchev–Trinajstić information content (AvgIpc) is 3.26. The largest absolute Gasteiger partial charge is 0.370 e. The van der Waals surface area contributed by atoms with Crippen LogP contribution in [0.25, 0.3) is 0 Å². The third-order valence-corrected chi connectivity index (χ3v) is 6.51. The Balaban J connectivity index is 1.74. The van der Waals surface area contributed by atoms with E-state index in [0.717, 1.165) is 17.4 Å². The van der Waals surface area contributed by atoms with Crippen LogP contribution in [0.4, 0.5) is 24.5 Å². The van der Waals surface area contributed by atoms with Crippen molar-refractivity contribution in [1.29, 1.82) is 0 Å². The minimum Gasteiger partial charge on any atom is -0.370 e. The van der Waals surface area contributed by atoms with Crippen LogP contribution >= 0.6 is 22.9 Å². The summed E-state index contributed by atoms with van der Waals surface area (Å²) in [6.07, 6.45) is -2.72. The van der Waals surface area contributed by atoms with E-state index < -0.39 is 36.6 Å². The number of thiophene rings is 1. The van der Waals surface area contributed by atoms with Crippen LogP contribution < -0.4 is 15.5 Å². The van der Waals surface area contributed by atoms with Gasteiger partial charge in [0.25, 0.3) is 18.2 Å². The maximum absolute atomic E-state index is 14.8. The second-order valence-electron chi connectivity index (χ2n) is 7.56. The molecule has 2 N–H and O–H groups in total. The van der Waals surface area contributed by atoms with Crippen molar-refractivity contribution in [1.82, 2.24) is 10.2 Å². The normalized spacial score (nSPS) is 14.9. The summed E-state index contributed by atoms with van der Waals surface area (Å²) in [6, 6.07) is 5.70. The van der Waals surface area contributed by atoms with Crippen LogP contribution in [0, 0.1) is 5.82 Å². The molecule has 0 aliphatic carbocycles. The number of ether oxygens (including phenoxy) is 1. The van der Waals surface area contributed by atoms with E-state index in [4.69, 9.17) is 16.3 Å². The molecule has 1 aliphatic heterocycles. The van der Waals surface area contributed by atoms with Crippen molar-refractivity contribution >= 4 is 52.0 Å². The first-order chi connectivity index (χ1) is 16.7. The van der Waals surface area contributed by atoms with Crippen molar-refractivity contribution in [2.24, 2.45) is 0 Å². The molecule has 1 fully saturated rings. The molecule has 2 aromatic rings. The zero-order valence-corrected chi connectivity index (χ0v) is 20.3. The molecule has 8 nitrogen and oxygen atoms in total. The highest BCUT2D eigenvalue weighted by atomic mass is 35.5. The first kappa shape index (κ1) is 26.9. The van der Waals surface area contributed by atoms with Gasteiger partial charge in [-0.3, -0.25) is 19.3 Å². The molecule has 1 aromatic carbocycles. The number of carbonyl (C=O) groups is 3. The molecule has 1 aromatic heterocycles. The van der Waals surface area contributed by atoms with Crippen molar-refractivity contribution in [3.05, 3.63) is 45.4 Å². The Morgan fingerprint density at radius 1 is 1.29 bits per heavy atom. The number of rotatable bonds is 10. The molecule has 0 bridgehead atoms. The third-order valence-electron chi connectivity index (χ3n) is 5.28. The molecule has 1 saturated heterocycles. The molecule has 13 heteroatoms. The number of alkyl halides is 2. The lowest BCUT2D eigenvalue weighted by atomic mass is 10.2. The van der Waals surface area contributed by atoms with Crippen LogP contribution in [0.3, 0.4) is 0 Å². The van der Waals surface area contributed by atoms with Gasteiger partial charge >= 0.3 is 0 Å². The van der Waals surface area contributed by atoms with E-state index >= 15 is 0 Å². The fourth-order valence-corrected chi connectivity index (χ4v) is 4.49. The predicted molar refractivity (Wildman–Crippen MR) is 127 cm³/mol. The highest BCUT2D eigenvalue weighted by molar-refractivity contribution is 7.18. The Morgan fingerprint density at radius 2 is 2.06 bits per heavy atom. The zero-order chi connectivity index (χ0) is 25.5. The van der Waals surface area contributed by atoms with Gasteiger partial charge in [-0.1, -0.05) is 18.5 Å². The molecule has 0 unspecified atom stereocenters. The van der Waals surface area contributed by atoms with Crippen LogP contribution in [0.1, 0.15) is 16.6 Å². The van der Waals surface area contributed by atoms with Crippen LogP contribution in [0.5, 0.6) is 0 Å². The molecule has 0 spiro atoms. The SMILES string of the molecule is CCN(CC(F)F)[C@H](CNC(=O)c1ccc(Cl)s1)C(=O)Nc1ccc(N2CCOCC2=O)cc1F. The number of carbonyl (C=O) groups excluding carboxylic acids is 3. The number of amides is 3. The second-order valence-corrected chi connectivity index (χ2v) is 9.27. The Hall–Kier alpha value is -2.67. The monoisotopic (exact) mass is 532 g/mol. The molecule has 1 aliphatic rings. The van der Waals surface area contributed by atoms with Gasteiger partial charge in [-0.05, 0) is 36.9 Å². The minimum absolute atomic E-state index is 0.0870. The van der Waals surface area contributed by atoms with Gasteiger partial charge in [-0.25, -0.2) is 13.2 Å². The fraction of sp³-hybridized carbons (Fsp3) is 0.409. The third kappa shape index (κ3) is 7.17.